The average molecular weight is 391 g/mol. The number of rotatable bonds is 6. The van der Waals surface area contributed by atoms with Crippen molar-refractivity contribution in [2.45, 2.75) is 25.4 Å². The van der Waals surface area contributed by atoms with Gasteiger partial charge in [0.1, 0.15) is 23.9 Å². The number of carbonyl (C=O) groups excluding carboxylic acids is 3. The van der Waals surface area contributed by atoms with Gasteiger partial charge in [-0.3, -0.25) is 14.5 Å². The summed E-state index contributed by atoms with van der Waals surface area (Å²) in [5, 5.41) is 6.38. The van der Waals surface area contributed by atoms with E-state index in [9.17, 15) is 14.4 Å². The number of urea groups is 1. The minimum Gasteiger partial charge on any atom is -0.459 e. The first-order chi connectivity index (χ1) is 14.0. The average Bonchev–Trinajstić information content (AvgIpc) is 3.26. The molecule has 4 rings (SSSR count). The van der Waals surface area contributed by atoms with Crippen molar-refractivity contribution in [1.82, 2.24) is 15.5 Å². The Morgan fingerprint density at radius 1 is 1.14 bits per heavy atom. The lowest BCUT2D eigenvalue weighted by Gasteiger charge is -2.15. The van der Waals surface area contributed by atoms with E-state index in [2.05, 4.69) is 10.6 Å². The summed E-state index contributed by atoms with van der Waals surface area (Å²) in [7, 11) is 0. The topological polar surface area (TPSA) is 91.7 Å². The van der Waals surface area contributed by atoms with Crippen LogP contribution in [0.4, 0.5) is 4.79 Å². The van der Waals surface area contributed by atoms with Crippen molar-refractivity contribution >= 4 is 28.8 Å². The van der Waals surface area contributed by atoms with Crippen LogP contribution in [0.15, 0.2) is 65.1 Å². The zero-order valence-corrected chi connectivity index (χ0v) is 15.9. The first kappa shape index (κ1) is 18.7. The molecule has 0 bridgehead atoms. The third kappa shape index (κ3) is 3.99. The van der Waals surface area contributed by atoms with Crippen LogP contribution >= 0.6 is 0 Å². The molecule has 0 unspecified atom stereocenters. The molecule has 0 aliphatic carbocycles. The molecule has 2 heterocycles. The number of imide groups is 1. The Morgan fingerprint density at radius 3 is 2.62 bits per heavy atom. The lowest BCUT2D eigenvalue weighted by atomic mass is 10.1. The van der Waals surface area contributed by atoms with E-state index in [1.807, 2.05) is 60.7 Å². The minimum absolute atomic E-state index is 0.333. The summed E-state index contributed by atoms with van der Waals surface area (Å²) >= 11 is 0. The molecule has 3 aromatic rings. The van der Waals surface area contributed by atoms with Crippen LogP contribution in [0.1, 0.15) is 24.3 Å². The molecule has 1 aliphatic rings. The fourth-order valence-corrected chi connectivity index (χ4v) is 3.43. The van der Waals surface area contributed by atoms with Gasteiger partial charge in [0.05, 0.1) is 6.04 Å². The Kier molecular flexibility index (Phi) is 5.03. The Morgan fingerprint density at radius 2 is 1.86 bits per heavy atom. The summed E-state index contributed by atoms with van der Waals surface area (Å²) in [4.78, 5) is 38.1. The van der Waals surface area contributed by atoms with Crippen LogP contribution in [0.25, 0.3) is 11.0 Å². The summed E-state index contributed by atoms with van der Waals surface area (Å²) in [5.41, 5.74) is 1.68. The molecule has 7 heteroatoms. The number of benzene rings is 2. The largest absolute Gasteiger partial charge is 0.459 e. The predicted molar refractivity (Wildman–Crippen MR) is 107 cm³/mol. The zero-order valence-electron chi connectivity index (χ0n) is 15.9. The fraction of sp³-hybridized carbons (Fsp3) is 0.227. The number of nitrogens with zero attached hydrogens (tertiary/aromatic N) is 1. The van der Waals surface area contributed by atoms with Crippen LogP contribution in [-0.2, 0) is 16.0 Å². The summed E-state index contributed by atoms with van der Waals surface area (Å²) in [5.74, 6) is -0.217. The maximum absolute atomic E-state index is 12.6. The highest BCUT2D eigenvalue weighted by atomic mass is 16.3. The van der Waals surface area contributed by atoms with Crippen LogP contribution in [-0.4, -0.2) is 35.3 Å². The highest BCUT2D eigenvalue weighted by Gasteiger charge is 2.39. The molecule has 1 aromatic heterocycles. The van der Waals surface area contributed by atoms with Gasteiger partial charge in [-0.1, -0.05) is 48.5 Å². The number of nitrogens with one attached hydrogen (secondary N) is 2. The standard InChI is InChI=1S/C22H21N3O4/c1-14(19-12-16-9-5-6-10-18(16)29-19)23-20(26)13-25-21(27)17(24-22(25)28)11-15-7-3-2-4-8-15/h2-10,12,14,17H,11,13H2,1H3,(H,23,26)(H,24,28)/t14-,17+/m1/s1. The van der Waals surface area contributed by atoms with Crippen molar-refractivity contribution in [3.05, 3.63) is 72.0 Å². The number of carbonyl (C=O) groups is 3. The molecular weight excluding hydrogens is 370 g/mol. The smallest absolute Gasteiger partial charge is 0.325 e. The SMILES string of the molecule is C[C@@H](NC(=O)CN1C(=O)N[C@@H](Cc2ccccc2)C1=O)c1cc2ccccc2o1. The normalized spacial score (nSPS) is 17.4. The first-order valence-corrected chi connectivity index (χ1v) is 9.45. The van der Waals surface area contributed by atoms with Crippen LogP contribution in [0, 0.1) is 0 Å². The van der Waals surface area contributed by atoms with Crippen molar-refractivity contribution in [2.75, 3.05) is 6.54 Å². The highest BCUT2D eigenvalue weighted by Crippen LogP contribution is 2.23. The van der Waals surface area contributed by atoms with Gasteiger partial charge >= 0.3 is 6.03 Å². The van der Waals surface area contributed by atoms with E-state index < -0.39 is 29.9 Å². The van der Waals surface area contributed by atoms with Crippen molar-refractivity contribution in [2.24, 2.45) is 0 Å². The Hall–Kier alpha value is -3.61. The zero-order chi connectivity index (χ0) is 20.4. The van der Waals surface area contributed by atoms with Gasteiger partial charge in [0, 0.05) is 11.8 Å². The summed E-state index contributed by atoms with van der Waals surface area (Å²) in [6.45, 7) is 1.46. The van der Waals surface area contributed by atoms with Crippen LogP contribution in [0.5, 0.6) is 0 Å². The van der Waals surface area contributed by atoms with E-state index in [0.29, 0.717) is 12.2 Å². The van der Waals surface area contributed by atoms with Crippen LogP contribution < -0.4 is 10.6 Å². The number of para-hydroxylation sites is 1. The lowest BCUT2D eigenvalue weighted by molar-refractivity contribution is -0.132. The van der Waals surface area contributed by atoms with Gasteiger partial charge in [0.2, 0.25) is 5.91 Å². The second-order valence-corrected chi connectivity index (χ2v) is 7.09. The van der Waals surface area contributed by atoms with E-state index in [1.54, 1.807) is 6.92 Å². The van der Waals surface area contributed by atoms with E-state index in [4.69, 9.17) is 4.42 Å². The predicted octanol–water partition coefficient (Wildman–Crippen LogP) is 2.77. The van der Waals surface area contributed by atoms with E-state index in [1.165, 1.54) is 0 Å². The van der Waals surface area contributed by atoms with E-state index in [0.717, 1.165) is 21.4 Å². The Balaban J connectivity index is 1.37. The maximum Gasteiger partial charge on any atom is 0.325 e. The minimum atomic E-state index is -0.662. The number of hydrogen-bond donors (Lipinski definition) is 2. The monoisotopic (exact) mass is 391 g/mol. The summed E-state index contributed by atoms with van der Waals surface area (Å²) in [6, 6.07) is 17.3. The van der Waals surface area contributed by atoms with Gasteiger partial charge in [-0.25, -0.2) is 4.79 Å². The number of furan rings is 1. The Labute approximate surface area is 167 Å². The van der Waals surface area contributed by atoms with Gasteiger partial charge in [-0.05, 0) is 24.6 Å². The van der Waals surface area contributed by atoms with Crippen molar-refractivity contribution in [1.29, 1.82) is 0 Å². The summed E-state index contributed by atoms with van der Waals surface area (Å²) < 4.78 is 5.75. The Bertz CT molecular complexity index is 1030. The third-order valence-corrected chi connectivity index (χ3v) is 4.94. The molecule has 1 aliphatic heterocycles. The second-order valence-electron chi connectivity index (χ2n) is 7.09. The van der Waals surface area contributed by atoms with Crippen molar-refractivity contribution in [3.8, 4) is 0 Å². The highest BCUT2D eigenvalue weighted by molar-refractivity contribution is 6.06. The number of amides is 4. The molecule has 2 N–H and O–H groups in total. The van der Waals surface area contributed by atoms with Crippen molar-refractivity contribution in [3.63, 3.8) is 0 Å². The molecule has 0 spiro atoms. The molecule has 7 nitrogen and oxygen atoms in total. The third-order valence-electron chi connectivity index (χ3n) is 4.94. The molecule has 1 fully saturated rings. The second kappa shape index (κ2) is 7.79. The quantitative estimate of drug-likeness (QED) is 0.632. The van der Waals surface area contributed by atoms with Gasteiger partial charge in [-0.2, -0.15) is 0 Å². The molecule has 1 saturated heterocycles. The summed E-state index contributed by atoms with van der Waals surface area (Å²) in [6.07, 6.45) is 0.388. The van der Waals surface area contributed by atoms with Gasteiger partial charge in [0.25, 0.3) is 5.91 Å². The van der Waals surface area contributed by atoms with Gasteiger partial charge in [-0.15, -0.1) is 0 Å². The molecular formula is C22H21N3O4. The molecule has 4 amide bonds. The number of hydrogen-bond acceptors (Lipinski definition) is 4. The van der Waals surface area contributed by atoms with Crippen LogP contribution in [0.2, 0.25) is 0 Å². The van der Waals surface area contributed by atoms with E-state index in [-0.39, 0.29) is 6.54 Å². The molecule has 2 aromatic carbocycles. The number of fused-ring (bicyclic) bond motifs is 1. The molecule has 148 valence electrons. The van der Waals surface area contributed by atoms with E-state index >= 15 is 0 Å². The lowest BCUT2D eigenvalue weighted by Crippen LogP contribution is -2.41. The molecule has 29 heavy (non-hydrogen) atoms. The van der Waals surface area contributed by atoms with Gasteiger partial charge < -0.3 is 15.1 Å². The molecule has 0 saturated carbocycles. The van der Waals surface area contributed by atoms with Crippen molar-refractivity contribution < 1.29 is 18.8 Å². The fourth-order valence-electron chi connectivity index (χ4n) is 3.43. The molecule has 2 atom stereocenters. The van der Waals surface area contributed by atoms with Crippen LogP contribution in [0.3, 0.4) is 0 Å². The van der Waals surface area contributed by atoms with Gasteiger partial charge in [0.15, 0.2) is 0 Å². The molecule has 0 radical (unpaired) electrons. The maximum atomic E-state index is 12.6. The first-order valence-electron chi connectivity index (χ1n) is 9.45.